The molecule has 14 heavy (non-hydrogen) atoms. The van der Waals surface area contributed by atoms with Crippen LogP contribution in [-0.2, 0) is 0 Å². The van der Waals surface area contributed by atoms with E-state index in [9.17, 15) is 0 Å². The molecule has 0 aromatic heterocycles. The lowest BCUT2D eigenvalue weighted by atomic mass is 9.90. The van der Waals surface area contributed by atoms with Gasteiger partial charge in [0.25, 0.3) is 0 Å². The van der Waals surface area contributed by atoms with Crippen molar-refractivity contribution in [2.24, 2.45) is 5.73 Å². The zero-order valence-corrected chi connectivity index (χ0v) is 9.14. The molecule has 2 N–H and O–H groups in total. The Hall–Kier alpha value is -0.730. The number of fused-ring (bicyclic) bond motifs is 1. The lowest BCUT2D eigenvalue weighted by molar-refractivity contribution is 0.0729. The normalized spacial score (nSPS) is 23.9. The van der Waals surface area contributed by atoms with Gasteiger partial charge in [-0.25, -0.2) is 0 Å². The Balaban J connectivity index is 2.46. The highest BCUT2D eigenvalue weighted by molar-refractivity contribution is 6.30. The van der Waals surface area contributed by atoms with Crippen molar-refractivity contribution in [2.45, 2.75) is 31.9 Å². The molecule has 0 saturated heterocycles. The highest BCUT2D eigenvalue weighted by Gasteiger charge is 2.31. The first kappa shape index (κ1) is 9.81. The number of hydrogen-bond donors (Lipinski definition) is 1. The minimum atomic E-state index is -0.197. The quantitative estimate of drug-likeness (QED) is 0.716. The second-order valence-corrected chi connectivity index (χ2v) is 4.79. The summed E-state index contributed by atoms with van der Waals surface area (Å²) in [6.07, 6.45) is 0.835. The van der Waals surface area contributed by atoms with Crippen molar-refractivity contribution in [3.63, 3.8) is 0 Å². The molecule has 0 spiro atoms. The predicted molar refractivity (Wildman–Crippen MR) is 57.7 cm³/mol. The number of ether oxygens (including phenoxy) is 1. The van der Waals surface area contributed by atoms with Crippen LogP contribution in [0.1, 0.15) is 31.9 Å². The summed E-state index contributed by atoms with van der Waals surface area (Å²) in [5, 5.41) is 0.689. The number of rotatable bonds is 0. The molecule has 1 aliphatic rings. The van der Waals surface area contributed by atoms with Gasteiger partial charge in [0.15, 0.2) is 0 Å². The maximum atomic E-state index is 6.05. The Morgan fingerprint density at radius 1 is 1.50 bits per heavy atom. The van der Waals surface area contributed by atoms with Gasteiger partial charge in [-0.1, -0.05) is 17.7 Å². The van der Waals surface area contributed by atoms with Crippen molar-refractivity contribution in [1.82, 2.24) is 0 Å². The van der Waals surface area contributed by atoms with Gasteiger partial charge in [-0.3, -0.25) is 0 Å². The third-order valence-electron chi connectivity index (χ3n) is 2.47. The largest absolute Gasteiger partial charge is 0.487 e. The van der Waals surface area contributed by atoms with Crippen LogP contribution in [0, 0.1) is 0 Å². The Bertz CT molecular complexity index is 362. The van der Waals surface area contributed by atoms with Crippen molar-refractivity contribution < 1.29 is 4.74 Å². The van der Waals surface area contributed by atoms with Crippen LogP contribution in [0.5, 0.6) is 5.75 Å². The summed E-state index contributed by atoms with van der Waals surface area (Å²) < 4.78 is 5.81. The maximum absolute atomic E-state index is 6.05. The molecule has 3 heteroatoms. The summed E-state index contributed by atoms with van der Waals surface area (Å²) in [7, 11) is 0. The van der Waals surface area contributed by atoms with Crippen LogP contribution in [-0.4, -0.2) is 5.60 Å². The van der Waals surface area contributed by atoms with Crippen LogP contribution >= 0.6 is 11.6 Å². The lowest BCUT2D eigenvalue weighted by Crippen LogP contribution is -2.37. The summed E-state index contributed by atoms with van der Waals surface area (Å²) in [5.74, 6) is 0.821. The smallest absolute Gasteiger partial charge is 0.126 e. The molecule has 2 rings (SSSR count). The second kappa shape index (κ2) is 3.14. The van der Waals surface area contributed by atoms with Crippen LogP contribution in [0.4, 0.5) is 0 Å². The van der Waals surface area contributed by atoms with Gasteiger partial charge >= 0.3 is 0 Å². The number of benzene rings is 1. The van der Waals surface area contributed by atoms with Crippen molar-refractivity contribution in [3.8, 4) is 5.75 Å². The average molecular weight is 212 g/mol. The van der Waals surface area contributed by atoms with Crippen LogP contribution in [0.15, 0.2) is 18.2 Å². The van der Waals surface area contributed by atoms with E-state index in [1.165, 1.54) is 0 Å². The van der Waals surface area contributed by atoms with Gasteiger partial charge in [-0.05, 0) is 26.0 Å². The van der Waals surface area contributed by atoms with Crippen molar-refractivity contribution in [2.75, 3.05) is 0 Å². The number of hydrogen-bond acceptors (Lipinski definition) is 2. The average Bonchev–Trinajstić information content (AvgIpc) is 2.00. The molecule has 0 radical (unpaired) electrons. The minimum absolute atomic E-state index is 0.0472. The highest BCUT2D eigenvalue weighted by atomic mass is 35.5. The van der Waals surface area contributed by atoms with E-state index >= 15 is 0 Å². The Morgan fingerprint density at radius 3 is 2.93 bits per heavy atom. The summed E-state index contributed by atoms with van der Waals surface area (Å²) in [4.78, 5) is 0. The Morgan fingerprint density at radius 2 is 2.21 bits per heavy atom. The summed E-state index contributed by atoms with van der Waals surface area (Å²) in [6.45, 7) is 4.08. The van der Waals surface area contributed by atoms with Gasteiger partial charge in [-0.15, -0.1) is 0 Å². The van der Waals surface area contributed by atoms with E-state index in [0.29, 0.717) is 5.02 Å². The monoisotopic (exact) mass is 211 g/mol. The zero-order chi connectivity index (χ0) is 10.3. The van der Waals surface area contributed by atoms with Crippen LogP contribution in [0.25, 0.3) is 0 Å². The Kier molecular flexibility index (Phi) is 2.20. The third kappa shape index (κ3) is 1.72. The molecule has 0 saturated carbocycles. The van der Waals surface area contributed by atoms with Gasteiger partial charge in [0.1, 0.15) is 11.4 Å². The lowest BCUT2D eigenvalue weighted by Gasteiger charge is -2.36. The maximum Gasteiger partial charge on any atom is 0.126 e. The van der Waals surface area contributed by atoms with E-state index in [4.69, 9.17) is 22.1 Å². The second-order valence-electron chi connectivity index (χ2n) is 4.35. The molecule has 0 amide bonds. The SMILES string of the molecule is CC1(C)C[C@@H](N)c2ccc(Cl)cc2O1. The summed E-state index contributed by atoms with van der Waals surface area (Å²) >= 11 is 5.90. The molecule has 0 bridgehead atoms. The van der Waals surface area contributed by atoms with Crippen LogP contribution in [0.3, 0.4) is 0 Å². The van der Waals surface area contributed by atoms with Crippen molar-refractivity contribution in [3.05, 3.63) is 28.8 Å². The first-order chi connectivity index (χ1) is 6.48. The summed E-state index contributed by atoms with van der Waals surface area (Å²) in [6, 6.07) is 5.67. The van der Waals surface area contributed by atoms with E-state index in [1.54, 1.807) is 0 Å². The number of halogens is 1. The topological polar surface area (TPSA) is 35.2 Å². The first-order valence-corrected chi connectivity index (χ1v) is 5.10. The van der Waals surface area contributed by atoms with Gasteiger partial charge < -0.3 is 10.5 Å². The number of nitrogens with two attached hydrogens (primary N) is 1. The van der Waals surface area contributed by atoms with E-state index in [1.807, 2.05) is 32.0 Å². The zero-order valence-electron chi connectivity index (χ0n) is 8.38. The minimum Gasteiger partial charge on any atom is -0.487 e. The molecule has 2 nitrogen and oxygen atoms in total. The molecule has 1 atom stereocenters. The molecule has 1 aliphatic heterocycles. The fraction of sp³-hybridized carbons (Fsp3) is 0.455. The molecular formula is C11H14ClNO. The van der Waals surface area contributed by atoms with Crippen LogP contribution < -0.4 is 10.5 Å². The predicted octanol–water partition coefficient (Wildman–Crippen LogP) is 2.90. The molecule has 0 aliphatic carbocycles. The van der Waals surface area contributed by atoms with Crippen molar-refractivity contribution in [1.29, 1.82) is 0 Å². The molecule has 1 aromatic rings. The molecule has 0 unspecified atom stereocenters. The van der Waals surface area contributed by atoms with Crippen LogP contribution in [0.2, 0.25) is 5.02 Å². The first-order valence-electron chi connectivity index (χ1n) is 4.72. The standard InChI is InChI=1S/C11H14ClNO/c1-11(2)6-9(13)8-4-3-7(12)5-10(8)14-11/h3-5,9H,6,13H2,1-2H3/t9-/m1/s1. The van der Waals surface area contributed by atoms with Crippen molar-refractivity contribution >= 4 is 11.6 Å². The van der Waals surface area contributed by atoms with E-state index in [2.05, 4.69) is 0 Å². The molecule has 1 aromatic carbocycles. The fourth-order valence-corrected chi connectivity index (χ4v) is 2.04. The molecule has 0 fully saturated rings. The molecule has 1 heterocycles. The fourth-order valence-electron chi connectivity index (χ4n) is 1.88. The van der Waals surface area contributed by atoms with Gasteiger partial charge in [0, 0.05) is 23.0 Å². The van der Waals surface area contributed by atoms with E-state index < -0.39 is 0 Å². The van der Waals surface area contributed by atoms with E-state index in [-0.39, 0.29) is 11.6 Å². The third-order valence-corrected chi connectivity index (χ3v) is 2.71. The van der Waals surface area contributed by atoms with Gasteiger partial charge in [0.2, 0.25) is 0 Å². The Labute approximate surface area is 89.0 Å². The van der Waals surface area contributed by atoms with Gasteiger partial charge in [0.05, 0.1) is 0 Å². The molecular weight excluding hydrogens is 198 g/mol. The molecule has 76 valence electrons. The highest BCUT2D eigenvalue weighted by Crippen LogP contribution is 2.39. The summed E-state index contributed by atoms with van der Waals surface area (Å²) in [5.41, 5.74) is 6.90. The van der Waals surface area contributed by atoms with E-state index in [0.717, 1.165) is 17.7 Å². The van der Waals surface area contributed by atoms with Gasteiger partial charge in [-0.2, -0.15) is 0 Å².